The third-order valence-corrected chi connectivity index (χ3v) is 5.42. The van der Waals surface area contributed by atoms with E-state index in [1.807, 2.05) is 64.0 Å². The molecule has 0 aliphatic carbocycles. The van der Waals surface area contributed by atoms with Crippen molar-refractivity contribution in [3.63, 3.8) is 0 Å². The number of carbonyl (C=O) groups is 1. The lowest BCUT2D eigenvalue weighted by Gasteiger charge is -2.24. The minimum Gasteiger partial charge on any atom is -0.460 e. The fraction of sp³-hybridized carbons (Fsp3) is 0.292. The Balaban J connectivity index is 1.45. The Bertz CT molecular complexity index is 1200. The van der Waals surface area contributed by atoms with Crippen LogP contribution in [-0.4, -0.2) is 37.4 Å². The summed E-state index contributed by atoms with van der Waals surface area (Å²) < 4.78 is 9.99. The molecule has 0 aliphatic heterocycles. The van der Waals surface area contributed by atoms with Crippen molar-refractivity contribution in [3.8, 4) is 5.88 Å². The van der Waals surface area contributed by atoms with Crippen LogP contribution in [-0.2, 0) is 17.9 Å². The number of aromatic nitrogens is 4. The maximum absolute atomic E-state index is 12.8. The van der Waals surface area contributed by atoms with Crippen LogP contribution in [0.15, 0.2) is 67.3 Å². The molecule has 7 nitrogen and oxygen atoms in total. The van der Waals surface area contributed by atoms with Crippen molar-refractivity contribution in [3.05, 3.63) is 77.8 Å². The molecule has 4 rings (SSSR count). The van der Waals surface area contributed by atoms with E-state index in [4.69, 9.17) is 16.3 Å². The Morgan fingerprint density at radius 1 is 1.19 bits per heavy atom. The molecule has 2 heterocycles. The molecule has 1 N–H and O–H groups in total. The highest BCUT2D eigenvalue weighted by Gasteiger charge is 2.31. The molecule has 2 aromatic carbocycles. The molecule has 166 valence electrons. The predicted molar refractivity (Wildman–Crippen MR) is 125 cm³/mol. The number of ether oxygens (including phenoxy) is 1. The van der Waals surface area contributed by atoms with Crippen LogP contribution >= 0.6 is 11.6 Å². The largest absolute Gasteiger partial charge is 0.460 e. The number of benzene rings is 2. The lowest BCUT2D eigenvalue weighted by atomic mass is 10.1. The van der Waals surface area contributed by atoms with Crippen LogP contribution in [0.5, 0.6) is 5.88 Å². The minimum atomic E-state index is -1.08. The van der Waals surface area contributed by atoms with Gasteiger partial charge in [-0.1, -0.05) is 35.9 Å². The molecular weight excluding hydrogens is 426 g/mol. The maximum Gasteiger partial charge on any atom is 0.263 e. The van der Waals surface area contributed by atoms with E-state index in [0.717, 1.165) is 29.4 Å². The predicted octanol–water partition coefficient (Wildman–Crippen LogP) is 4.30. The van der Waals surface area contributed by atoms with Gasteiger partial charge in [-0.25, -0.2) is 4.98 Å². The van der Waals surface area contributed by atoms with Crippen LogP contribution < -0.4 is 10.1 Å². The van der Waals surface area contributed by atoms with Crippen LogP contribution in [0.2, 0.25) is 5.02 Å². The Hall–Kier alpha value is -3.32. The number of hydrogen-bond acceptors (Lipinski definition) is 4. The first-order valence-corrected chi connectivity index (χ1v) is 10.9. The highest BCUT2D eigenvalue weighted by molar-refractivity contribution is 6.30. The van der Waals surface area contributed by atoms with Gasteiger partial charge in [-0.2, -0.15) is 0 Å². The SMILES string of the molecule is CC(C)(Oc1nn(Cc2cccc(Cl)c2)c2ccccc12)C(=O)NCCCn1ccnc1. The quantitative estimate of drug-likeness (QED) is 0.385. The molecule has 4 aromatic rings. The number of fused-ring (bicyclic) bond motifs is 1. The molecule has 0 unspecified atom stereocenters. The number of rotatable bonds is 9. The standard InChI is InChI=1S/C24H26ClN5O2/c1-24(2,23(31)27-11-6-13-29-14-12-26-17-29)32-22-20-9-3-4-10-21(20)30(28-22)16-18-7-5-8-19(25)15-18/h3-5,7-10,12,14-15,17H,6,11,13,16H2,1-2H3,(H,27,31). The molecule has 1 amide bonds. The molecule has 32 heavy (non-hydrogen) atoms. The van der Waals surface area contributed by atoms with E-state index in [0.29, 0.717) is 24.0 Å². The zero-order chi connectivity index (χ0) is 22.6. The van der Waals surface area contributed by atoms with Gasteiger partial charge >= 0.3 is 0 Å². The highest BCUT2D eigenvalue weighted by atomic mass is 35.5. The van der Waals surface area contributed by atoms with E-state index in [1.54, 1.807) is 26.4 Å². The number of nitrogens with one attached hydrogen (secondary N) is 1. The number of nitrogens with zero attached hydrogens (tertiary/aromatic N) is 4. The smallest absolute Gasteiger partial charge is 0.263 e. The van der Waals surface area contributed by atoms with Crippen molar-refractivity contribution >= 4 is 28.4 Å². The molecule has 0 atom stereocenters. The molecular formula is C24H26ClN5O2. The monoisotopic (exact) mass is 451 g/mol. The second-order valence-corrected chi connectivity index (χ2v) is 8.57. The van der Waals surface area contributed by atoms with Crippen LogP contribution in [0.3, 0.4) is 0 Å². The van der Waals surface area contributed by atoms with Gasteiger partial charge in [0.15, 0.2) is 5.60 Å². The van der Waals surface area contributed by atoms with Crippen molar-refractivity contribution in [2.75, 3.05) is 6.54 Å². The summed E-state index contributed by atoms with van der Waals surface area (Å²) in [5.41, 5.74) is 0.888. The highest BCUT2D eigenvalue weighted by Crippen LogP contribution is 2.28. The van der Waals surface area contributed by atoms with Crippen LogP contribution in [0, 0.1) is 0 Å². The van der Waals surface area contributed by atoms with Crippen LogP contribution in [0.1, 0.15) is 25.8 Å². The van der Waals surface area contributed by atoms with Crippen molar-refractivity contribution in [2.24, 2.45) is 0 Å². The van der Waals surface area contributed by atoms with E-state index in [9.17, 15) is 4.79 Å². The van der Waals surface area contributed by atoms with Gasteiger partial charge in [-0.3, -0.25) is 9.48 Å². The Kier molecular flexibility index (Phi) is 6.46. The topological polar surface area (TPSA) is 74.0 Å². The molecule has 0 saturated carbocycles. The zero-order valence-electron chi connectivity index (χ0n) is 18.2. The number of aryl methyl sites for hydroxylation is 1. The number of halogens is 1. The summed E-state index contributed by atoms with van der Waals surface area (Å²) in [5, 5.41) is 9.17. The molecule has 0 fully saturated rings. The fourth-order valence-electron chi connectivity index (χ4n) is 3.48. The molecule has 8 heteroatoms. The molecule has 0 radical (unpaired) electrons. The van der Waals surface area contributed by atoms with E-state index in [-0.39, 0.29) is 5.91 Å². The average molecular weight is 452 g/mol. The zero-order valence-corrected chi connectivity index (χ0v) is 18.9. The van der Waals surface area contributed by atoms with Crippen LogP contribution in [0.4, 0.5) is 0 Å². The van der Waals surface area contributed by atoms with Gasteiger partial charge in [0.1, 0.15) is 0 Å². The molecule has 0 aliphatic rings. The van der Waals surface area contributed by atoms with Gasteiger partial charge in [-0.15, -0.1) is 5.10 Å². The number of carbonyl (C=O) groups excluding carboxylic acids is 1. The van der Waals surface area contributed by atoms with Crippen molar-refractivity contribution in [1.29, 1.82) is 0 Å². The summed E-state index contributed by atoms with van der Waals surface area (Å²) in [6, 6.07) is 15.5. The maximum atomic E-state index is 12.8. The van der Waals surface area contributed by atoms with Gasteiger partial charge in [0.05, 0.1) is 23.8 Å². The van der Waals surface area contributed by atoms with Crippen molar-refractivity contribution in [2.45, 2.75) is 39.0 Å². The normalized spacial score (nSPS) is 11.6. The number of amides is 1. The van der Waals surface area contributed by atoms with Gasteiger partial charge in [0.25, 0.3) is 5.91 Å². The van der Waals surface area contributed by atoms with Crippen LogP contribution in [0.25, 0.3) is 10.9 Å². The van der Waals surface area contributed by atoms with E-state index in [2.05, 4.69) is 15.4 Å². The second-order valence-electron chi connectivity index (χ2n) is 8.13. The number of hydrogen-bond donors (Lipinski definition) is 1. The lowest BCUT2D eigenvalue weighted by Crippen LogP contribution is -2.47. The number of imidazole rings is 1. The first-order valence-electron chi connectivity index (χ1n) is 10.6. The average Bonchev–Trinajstić information content (AvgIpc) is 3.40. The lowest BCUT2D eigenvalue weighted by molar-refractivity contribution is -0.134. The van der Waals surface area contributed by atoms with E-state index in [1.165, 1.54) is 0 Å². The Morgan fingerprint density at radius 2 is 2.03 bits per heavy atom. The number of para-hydroxylation sites is 1. The minimum absolute atomic E-state index is 0.184. The molecule has 0 spiro atoms. The second kappa shape index (κ2) is 9.44. The first-order chi connectivity index (χ1) is 15.4. The first kappa shape index (κ1) is 21.9. The third-order valence-electron chi connectivity index (χ3n) is 5.18. The Morgan fingerprint density at radius 3 is 2.81 bits per heavy atom. The fourth-order valence-corrected chi connectivity index (χ4v) is 3.70. The van der Waals surface area contributed by atoms with E-state index >= 15 is 0 Å². The van der Waals surface area contributed by atoms with Gasteiger partial charge in [-0.05, 0) is 50.1 Å². The summed E-state index contributed by atoms with van der Waals surface area (Å²) in [5.74, 6) is 0.248. The van der Waals surface area contributed by atoms with Gasteiger partial charge in [0.2, 0.25) is 5.88 Å². The summed E-state index contributed by atoms with van der Waals surface area (Å²) in [6.45, 7) is 5.39. The van der Waals surface area contributed by atoms with Crippen molar-refractivity contribution in [1.82, 2.24) is 24.6 Å². The Labute approximate surface area is 192 Å². The van der Waals surface area contributed by atoms with Crippen molar-refractivity contribution < 1.29 is 9.53 Å². The molecule has 0 bridgehead atoms. The summed E-state index contributed by atoms with van der Waals surface area (Å²) >= 11 is 6.13. The molecule has 2 aromatic heterocycles. The summed E-state index contributed by atoms with van der Waals surface area (Å²) in [6.07, 6.45) is 6.21. The third kappa shape index (κ3) is 5.11. The molecule has 0 saturated heterocycles. The summed E-state index contributed by atoms with van der Waals surface area (Å²) in [7, 11) is 0. The van der Waals surface area contributed by atoms with Gasteiger partial charge < -0.3 is 14.6 Å². The summed E-state index contributed by atoms with van der Waals surface area (Å²) in [4.78, 5) is 16.8. The van der Waals surface area contributed by atoms with E-state index < -0.39 is 5.60 Å². The van der Waals surface area contributed by atoms with Gasteiger partial charge in [0, 0.05) is 30.5 Å².